The third-order valence-corrected chi connectivity index (χ3v) is 4.91. The molecular formula is C18H25NO2. The second-order valence-electron chi connectivity index (χ2n) is 6.47. The molecule has 0 N–H and O–H groups in total. The Bertz CT molecular complexity index is 498. The Morgan fingerprint density at radius 2 is 2.10 bits per heavy atom. The van der Waals surface area contributed by atoms with Gasteiger partial charge in [0.05, 0.1) is 12.2 Å². The SMILES string of the molecule is Cc1cccc(C(=O)OC[C@@H]2CCCN3CCCC[C@H]23)c1. The van der Waals surface area contributed by atoms with Crippen LogP contribution < -0.4 is 0 Å². The topological polar surface area (TPSA) is 29.5 Å². The number of nitrogens with zero attached hydrogens (tertiary/aromatic N) is 1. The van der Waals surface area contributed by atoms with Gasteiger partial charge >= 0.3 is 5.97 Å². The van der Waals surface area contributed by atoms with Gasteiger partial charge in [-0.2, -0.15) is 0 Å². The monoisotopic (exact) mass is 287 g/mol. The van der Waals surface area contributed by atoms with Crippen LogP contribution >= 0.6 is 0 Å². The van der Waals surface area contributed by atoms with Crippen LogP contribution in [0.25, 0.3) is 0 Å². The van der Waals surface area contributed by atoms with E-state index in [2.05, 4.69) is 4.90 Å². The molecule has 0 bridgehead atoms. The molecule has 0 amide bonds. The molecule has 3 nitrogen and oxygen atoms in total. The third-order valence-electron chi connectivity index (χ3n) is 4.91. The summed E-state index contributed by atoms with van der Waals surface area (Å²) in [5.74, 6) is 0.347. The molecular weight excluding hydrogens is 262 g/mol. The molecule has 2 aliphatic heterocycles. The summed E-state index contributed by atoms with van der Waals surface area (Å²) in [5, 5.41) is 0. The number of carbonyl (C=O) groups excluding carboxylic acids is 1. The quantitative estimate of drug-likeness (QED) is 0.798. The fourth-order valence-corrected chi connectivity index (χ4v) is 3.81. The third kappa shape index (κ3) is 3.46. The lowest BCUT2D eigenvalue weighted by atomic mass is 9.84. The van der Waals surface area contributed by atoms with Gasteiger partial charge in [-0.1, -0.05) is 24.1 Å². The number of aryl methyl sites for hydroxylation is 1. The van der Waals surface area contributed by atoms with Crippen LogP contribution in [-0.4, -0.2) is 36.6 Å². The molecule has 114 valence electrons. The fraction of sp³-hybridized carbons (Fsp3) is 0.611. The van der Waals surface area contributed by atoms with Crippen molar-refractivity contribution < 1.29 is 9.53 Å². The number of fused-ring (bicyclic) bond motifs is 1. The largest absolute Gasteiger partial charge is 0.462 e. The molecule has 2 saturated heterocycles. The lowest BCUT2D eigenvalue weighted by Crippen LogP contribution is -2.49. The molecule has 3 heteroatoms. The smallest absolute Gasteiger partial charge is 0.338 e. The average Bonchev–Trinajstić information content (AvgIpc) is 2.52. The molecule has 1 aromatic rings. The second kappa shape index (κ2) is 6.61. The summed E-state index contributed by atoms with van der Waals surface area (Å²) in [7, 11) is 0. The molecule has 3 rings (SSSR count). The van der Waals surface area contributed by atoms with E-state index in [1.54, 1.807) is 0 Å². The van der Waals surface area contributed by atoms with Crippen molar-refractivity contribution in [3.05, 3.63) is 35.4 Å². The van der Waals surface area contributed by atoms with Crippen LogP contribution in [0, 0.1) is 12.8 Å². The second-order valence-corrected chi connectivity index (χ2v) is 6.47. The van der Waals surface area contributed by atoms with Gasteiger partial charge in [-0.15, -0.1) is 0 Å². The number of ether oxygens (including phenoxy) is 1. The predicted octanol–water partition coefficient (Wildman–Crippen LogP) is 3.42. The molecule has 0 saturated carbocycles. The molecule has 1 aromatic carbocycles. The zero-order valence-electron chi connectivity index (χ0n) is 12.9. The summed E-state index contributed by atoms with van der Waals surface area (Å²) < 4.78 is 5.61. The Kier molecular flexibility index (Phi) is 4.59. The summed E-state index contributed by atoms with van der Waals surface area (Å²) in [5.41, 5.74) is 1.77. The van der Waals surface area contributed by atoms with E-state index in [1.165, 1.54) is 45.2 Å². The Balaban J connectivity index is 1.57. The molecule has 2 atom stereocenters. The summed E-state index contributed by atoms with van der Waals surface area (Å²) in [6, 6.07) is 8.28. The van der Waals surface area contributed by atoms with Crippen molar-refractivity contribution in [2.45, 2.75) is 45.1 Å². The molecule has 2 fully saturated rings. The standard InChI is InChI=1S/C18H25NO2/c1-14-6-4-7-15(12-14)18(20)21-13-16-8-5-11-19-10-3-2-9-17(16)19/h4,6-7,12,16-17H,2-3,5,8-11,13H2,1H3/t16-,17+/m0/s1. The highest BCUT2D eigenvalue weighted by Gasteiger charge is 2.33. The van der Waals surface area contributed by atoms with Gasteiger partial charge in [0.15, 0.2) is 0 Å². The minimum absolute atomic E-state index is 0.174. The molecule has 2 aliphatic rings. The van der Waals surface area contributed by atoms with Crippen molar-refractivity contribution >= 4 is 5.97 Å². The Morgan fingerprint density at radius 3 is 2.95 bits per heavy atom. The van der Waals surface area contributed by atoms with Gasteiger partial charge < -0.3 is 4.74 Å². The van der Waals surface area contributed by atoms with E-state index in [4.69, 9.17) is 4.74 Å². The van der Waals surface area contributed by atoms with Gasteiger partial charge in [0.1, 0.15) is 0 Å². The van der Waals surface area contributed by atoms with E-state index in [-0.39, 0.29) is 5.97 Å². The van der Waals surface area contributed by atoms with E-state index >= 15 is 0 Å². The summed E-state index contributed by atoms with van der Waals surface area (Å²) in [6.45, 7) is 5.03. The molecule has 0 radical (unpaired) electrons. The predicted molar refractivity (Wildman–Crippen MR) is 83.4 cm³/mol. The summed E-state index contributed by atoms with van der Waals surface area (Å²) in [6.07, 6.45) is 6.36. The maximum absolute atomic E-state index is 12.2. The van der Waals surface area contributed by atoms with Crippen LogP contribution in [0.5, 0.6) is 0 Å². The number of hydrogen-bond donors (Lipinski definition) is 0. The van der Waals surface area contributed by atoms with E-state index < -0.39 is 0 Å². The first kappa shape index (κ1) is 14.6. The van der Waals surface area contributed by atoms with Crippen molar-refractivity contribution in [3.8, 4) is 0 Å². The van der Waals surface area contributed by atoms with Crippen molar-refractivity contribution in [2.24, 2.45) is 5.92 Å². The Hall–Kier alpha value is -1.35. The first-order valence-corrected chi connectivity index (χ1v) is 8.22. The number of hydrogen-bond acceptors (Lipinski definition) is 3. The van der Waals surface area contributed by atoms with Gasteiger partial charge in [0.25, 0.3) is 0 Å². The molecule has 0 unspecified atom stereocenters. The molecule has 0 aromatic heterocycles. The van der Waals surface area contributed by atoms with E-state index in [0.717, 1.165) is 5.56 Å². The van der Waals surface area contributed by atoms with Crippen molar-refractivity contribution in [1.82, 2.24) is 4.90 Å². The van der Waals surface area contributed by atoms with Gasteiger partial charge in [-0.25, -0.2) is 4.79 Å². The maximum atomic E-state index is 12.2. The molecule has 0 spiro atoms. The zero-order chi connectivity index (χ0) is 14.7. The van der Waals surface area contributed by atoms with Gasteiger partial charge in [-0.3, -0.25) is 4.90 Å². The van der Waals surface area contributed by atoms with Crippen molar-refractivity contribution in [3.63, 3.8) is 0 Å². The minimum atomic E-state index is -0.174. The molecule has 2 heterocycles. The van der Waals surface area contributed by atoms with E-state index in [1.807, 2.05) is 31.2 Å². The average molecular weight is 287 g/mol. The first-order valence-electron chi connectivity index (χ1n) is 8.22. The van der Waals surface area contributed by atoms with Crippen LogP contribution in [0.1, 0.15) is 48.0 Å². The lowest BCUT2D eigenvalue weighted by Gasteiger charge is -2.44. The van der Waals surface area contributed by atoms with Crippen molar-refractivity contribution in [1.29, 1.82) is 0 Å². The van der Waals surface area contributed by atoms with Gasteiger partial charge in [0.2, 0.25) is 0 Å². The number of piperidine rings is 2. The van der Waals surface area contributed by atoms with E-state index in [0.29, 0.717) is 24.1 Å². The number of benzene rings is 1. The van der Waals surface area contributed by atoms with Crippen molar-refractivity contribution in [2.75, 3.05) is 19.7 Å². The van der Waals surface area contributed by atoms with Crippen LogP contribution in [0.15, 0.2) is 24.3 Å². The number of rotatable bonds is 3. The zero-order valence-corrected chi connectivity index (χ0v) is 12.9. The Labute approximate surface area is 127 Å². The number of carbonyl (C=O) groups is 1. The van der Waals surface area contributed by atoms with Crippen LogP contribution in [0.2, 0.25) is 0 Å². The normalized spacial score (nSPS) is 26.1. The highest BCUT2D eigenvalue weighted by molar-refractivity contribution is 5.89. The summed E-state index contributed by atoms with van der Waals surface area (Å²) in [4.78, 5) is 14.8. The highest BCUT2D eigenvalue weighted by Crippen LogP contribution is 2.31. The highest BCUT2D eigenvalue weighted by atomic mass is 16.5. The van der Waals surface area contributed by atoms with Crippen LogP contribution in [0.4, 0.5) is 0 Å². The van der Waals surface area contributed by atoms with E-state index in [9.17, 15) is 4.79 Å². The van der Waals surface area contributed by atoms with Crippen LogP contribution in [0.3, 0.4) is 0 Å². The molecule has 0 aliphatic carbocycles. The minimum Gasteiger partial charge on any atom is -0.462 e. The Morgan fingerprint density at radius 1 is 1.24 bits per heavy atom. The fourth-order valence-electron chi connectivity index (χ4n) is 3.81. The van der Waals surface area contributed by atoms with Gasteiger partial charge in [0, 0.05) is 12.0 Å². The maximum Gasteiger partial charge on any atom is 0.338 e. The van der Waals surface area contributed by atoms with Gasteiger partial charge in [-0.05, 0) is 57.8 Å². The first-order chi connectivity index (χ1) is 10.2. The van der Waals surface area contributed by atoms with Crippen LogP contribution in [-0.2, 0) is 4.74 Å². The molecule has 21 heavy (non-hydrogen) atoms. The lowest BCUT2D eigenvalue weighted by molar-refractivity contribution is 0.00738. The summed E-state index contributed by atoms with van der Waals surface area (Å²) >= 11 is 0. The number of esters is 1.